The van der Waals surface area contributed by atoms with E-state index in [0.29, 0.717) is 12.5 Å². The van der Waals surface area contributed by atoms with Crippen molar-refractivity contribution in [3.05, 3.63) is 41.1 Å². The molecular formula is C12H11ClOS. The first-order valence-electron chi connectivity index (χ1n) is 4.72. The van der Waals surface area contributed by atoms with Gasteiger partial charge in [0.25, 0.3) is 0 Å². The van der Waals surface area contributed by atoms with Gasteiger partial charge in [0.05, 0.1) is 5.88 Å². The van der Waals surface area contributed by atoms with Crippen LogP contribution in [0.5, 0.6) is 5.75 Å². The standard InChI is InChI=1S/C12H11ClOS/c13-6-7-14-12-4-2-1-3-11(12)10-5-8-15-9-10/h1-5,8-9H,6-7H2. The number of ether oxygens (including phenoxy) is 1. The van der Waals surface area contributed by atoms with Crippen LogP contribution in [0.25, 0.3) is 11.1 Å². The van der Waals surface area contributed by atoms with Gasteiger partial charge in [0.2, 0.25) is 0 Å². The molecule has 3 heteroatoms. The molecule has 0 N–H and O–H groups in total. The number of benzene rings is 1. The second-order valence-electron chi connectivity index (χ2n) is 3.05. The topological polar surface area (TPSA) is 9.23 Å². The summed E-state index contributed by atoms with van der Waals surface area (Å²) in [5.41, 5.74) is 2.33. The Kier molecular flexibility index (Phi) is 3.64. The van der Waals surface area contributed by atoms with Gasteiger partial charge in [0.1, 0.15) is 12.4 Å². The molecule has 0 spiro atoms. The first-order chi connectivity index (χ1) is 7.42. The van der Waals surface area contributed by atoms with Gasteiger partial charge in [-0.25, -0.2) is 0 Å². The Morgan fingerprint density at radius 2 is 2.07 bits per heavy atom. The van der Waals surface area contributed by atoms with Crippen molar-refractivity contribution in [2.45, 2.75) is 0 Å². The molecule has 0 aliphatic carbocycles. The third-order valence-electron chi connectivity index (χ3n) is 2.05. The largest absolute Gasteiger partial charge is 0.492 e. The monoisotopic (exact) mass is 238 g/mol. The molecule has 1 heterocycles. The zero-order chi connectivity index (χ0) is 10.5. The molecule has 1 aromatic carbocycles. The van der Waals surface area contributed by atoms with E-state index < -0.39 is 0 Å². The van der Waals surface area contributed by atoms with Gasteiger partial charge in [-0.2, -0.15) is 11.3 Å². The summed E-state index contributed by atoms with van der Waals surface area (Å²) in [5, 5.41) is 4.18. The van der Waals surface area contributed by atoms with E-state index in [9.17, 15) is 0 Å². The Bertz CT molecular complexity index is 411. The molecule has 0 unspecified atom stereocenters. The molecule has 0 aliphatic rings. The molecule has 0 atom stereocenters. The van der Waals surface area contributed by atoms with Crippen molar-refractivity contribution in [1.29, 1.82) is 0 Å². The second-order valence-corrected chi connectivity index (χ2v) is 4.20. The fraction of sp³-hybridized carbons (Fsp3) is 0.167. The molecule has 0 bridgehead atoms. The van der Waals surface area contributed by atoms with Crippen LogP contribution in [0, 0.1) is 0 Å². The van der Waals surface area contributed by atoms with Crippen molar-refractivity contribution < 1.29 is 4.74 Å². The average molecular weight is 239 g/mol. The first kappa shape index (κ1) is 10.5. The lowest BCUT2D eigenvalue weighted by Crippen LogP contribution is -1.98. The number of hydrogen-bond donors (Lipinski definition) is 0. The molecule has 0 saturated heterocycles. The van der Waals surface area contributed by atoms with Gasteiger partial charge in [-0.3, -0.25) is 0 Å². The minimum atomic E-state index is 0.512. The van der Waals surface area contributed by atoms with Gasteiger partial charge in [-0.15, -0.1) is 11.6 Å². The molecule has 15 heavy (non-hydrogen) atoms. The van der Waals surface area contributed by atoms with Crippen LogP contribution in [-0.4, -0.2) is 12.5 Å². The van der Waals surface area contributed by atoms with Crippen LogP contribution < -0.4 is 4.74 Å². The lowest BCUT2D eigenvalue weighted by Gasteiger charge is -2.08. The van der Waals surface area contributed by atoms with Gasteiger partial charge in [-0.1, -0.05) is 18.2 Å². The summed E-state index contributed by atoms with van der Waals surface area (Å²) in [4.78, 5) is 0. The van der Waals surface area contributed by atoms with E-state index >= 15 is 0 Å². The summed E-state index contributed by atoms with van der Waals surface area (Å²) >= 11 is 7.29. The Balaban J connectivity index is 2.30. The molecular weight excluding hydrogens is 228 g/mol. The maximum atomic E-state index is 5.61. The average Bonchev–Trinajstić information content (AvgIpc) is 2.80. The molecule has 0 radical (unpaired) electrons. The predicted molar refractivity (Wildman–Crippen MR) is 66.0 cm³/mol. The SMILES string of the molecule is ClCCOc1ccccc1-c1ccsc1. The zero-order valence-electron chi connectivity index (χ0n) is 8.15. The van der Waals surface area contributed by atoms with Gasteiger partial charge in [-0.05, 0) is 28.5 Å². The van der Waals surface area contributed by atoms with Crippen molar-refractivity contribution >= 4 is 22.9 Å². The number of hydrogen-bond acceptors (Lipinski definition) is 2. The number of halogens is 1. The highest BCUT2D eigenvalue weighted by Crippen LogP contribution is 2.31. The Morgan fingerprint density at radius 3 is 2.80 bits per heavy atom. The minimum absolute atomic E-state index is 0.512. The first-order valence-corrected chi connectivity index (χ1v) is 6.20. The maximum Gasteiger partial charge on any atom is 0.127 e. The maximum absolute atomic E-state index is 5.61. The lowest BCUT2D eigenvalue weighted by atomic mass is 10.1. The summed E-state index contributed by atoms with van der Waals surface area (Å²) in [6.45, 7) is 0.544. The van der Waals surface area contributed by atoms with Crippen LogP contribution in [0.15, 0.2) is 41.1 Å². The summed E-state index contributed by atoms with van der Waals surface area (Å²) in [6.07, 6.45) is 0. The Morgan fingerprint density at radius 1 is 1.20 bits per heavy atom. The smallest absolute Gasteiger partial charge is 0.127 e. The fourth-order valence-corrected chi connectivity index (χ4v) is 2.13. The number of para-hydroxylation sites is 1. The lowest BCUT2D eigenvalue weighted by molar-refractivity contribution is 0.344. The quantitative estimate of drug-likeness (QED) is 0.731. The third-order valence-corrected chi connectivity index (χ3v) is 2.89. The van der Waals surface area contributed by atoms with Crippen LogP contribution in [-0.2, 0) is 0 Å². The minimum Gasteiger partial charge on any atom is -0.492 e. The molecule has 1 aromatic heterocycles. The molecule has 2 rings (SSSR count). The Hall–Kier alpha value is -0.990. The summed E-state index contributed by atoms with van der Waals surface area (Å²) in [6, 6.07) is 10.1. The van der Waals surface area contributed by atoms with E-state index in [2.05, 4.69) is 22.9 Å². The van der Waals surface area contributed by atoms with E-state index in [4.69, 9.17) is 16.3 Å². The molecule has 78 valence electrons. The predicted octanol–water partition coefficient (Wildman–Crippen LogP) is 4.03. The van der Waals surface area contributed by atoms with Crippen LogP contribution in [0.3, 0.4) is 0 Å². The molecule has 1 nitrogen and oxygen atoms in total. The normalized spacial score (nSPS) is 10.2. The number of rotatable bonds is 4. The summed E-state index contributed by atoms with van der Waals surface area (Å²) < 4.78 is 5.58. The van der Waals surface area contributed by atoms with Gasteiger partial charge in [0, 0.05) is 5.56 Å². The van der Waals surface area contributed by atoms with E-state index in [-0.39, 0.29) is 0 Å². The van der Waals surface area contributed by atoms with E-state index in [1.807, 2.05) is 18.2 Å². The van der Waals surface area contributed by atoms with Crippen molar-refractivity contribution in [2.24, 2.45) is 0 Å². The van der Waals surface area contributed by atoms with Crippen molar-refractivity contribution in [3.8, 4) is 16.9 Å². The van der Waals surface area contributed by atoms with Gasteiger partial charge in [0.15, 0.2) is 0 Å². The fourth-order valence-electron chi connectivity index (χ4n) is 1.40. The molecule has 0 amide bonds. The molecule has 0 fully saturated rings. The van der Waals surface area contributed by atoms with Crippen LogP contribution in [0.4, 0.5) is 0 Å². The molecule has 2 aromatic rings. The Labute approximate surface area is 98.3 Å². The number of thiophene rings is 1. The van der Waals surface area contributed by atoms with Crippen molar-refractivity contribution in [3.63, 3.8) is 0 Å². The molecule has 0 saturated carbocycles. The second kappa shape index (κ2) is 5.19. The third kappa shape index (κ3) is 2.52. The highest BCUT2D eigenvalue weighted by molar-refractivity contribution is 7.08. The van der Waals surface area contributed by atoms with E-state index in [1.54, 1.807) is 11.3 Å². The molecule has 0 aliphatic heterocycles. The summed E-state index contributed by atoms with van der Waals surface area (Å²) in [5.74, 6) is 1.41. The van der Waals surface area contributed by atoms with Gasteiger partial charge >= 0.3 is 0 Å². The van der Waals surface area contributed by atoms with Crippen LogP contribution >= 0.6 is 22.9 Å². The zero-order valence-corrected chi connectivity index (χ0v) is 9.72. The van der Waals surface area contributed by atoms with E-state index in [1.165, 1.54) is 5.56 Å². The number of alkyl halides is 1. The van der Waals surface area contributed by atoms with Crippen LogP contribution in [0.2, 0.25) is 0 Å². The highest BCUT2D eigenvalue weighted by Gasteiger charge is 2.05. The van der Waals surface area contributed by atoms with Crippen LogP contribution in [0.1, 0.15) is 0 Å². The summed E-state index contributed by atoms with van der Waals surface area (Å²) in [7, 11) is 0. The van der Waals surface area contributed by atoms with Crippen molar-refractivity contribution in [1.82, 2.24) is 0 Å². The highest BCUT2D eigenvalue weighted by atomic mass is 35.5. The van der Waals surface area contributed by atoms with Crippen molar-refractivity contribution in [2.75, 3.05) is 12.5 Å². The van der Waals surface area contributed by atoms with Gasteiger partial charge < -0.3 is 4.74 Å². The van der Waals surface area contributed by atoms with E-state index in [0.717, 1.165) is 11.3 Å².